The van der Waals surface area contributed by atoms with Gasteiger partial charge in [-0.15, -0.1) is 0 Å². The quantitative estimate of drug-likeness (QED) is 0.864. The van der Waals surface area contributed by atoms with Crippen LogP contribution in [0.3, 0.4) is 0 Å². The van der Waals surface area contributed by atoms with Gasteiger partial charge in [0.1, 0.15) is 23.4 Å². The number of benzene rings is 2. The van der Waals surface area contributed by atoms with Crippen LogP contribution in [0.25, 0.3) is 0 Å². The van der Waals surface area contributed by atoms with E-state index >= 15 is 0 Å². The zero-order chi connectivity index (χ0) is 16.2. The molecule has 2 aromatic rings. The van der Waals surface area contributed by atoms with Gasteiger partial charge in [0.05, 0.1) is 14.2 Å². The van der Waals surface area contributed by atoms with E-state index in [-0.39, 0.29) is 6.10 Å². The van der Waals surface area contributed by atoms with E-state index in [9.17, 15) is 0 Å². The molecule has 3 rings (SSSR count). The second kappa shape index (κ2) is 6.92. The molecule has 0 saturated heterocycles. The van der Waals surface area contributed by atoms with Gasteiger partial charge in [0.15, 0.2) is 0 Å². The highest BCUT2D eigenvalue weighted by molar-refractivity contribution is 5.41. The molecule has 0 aliphatic carbocycles. The van der Waals surface area contributed by atoms with Crippen LogP contribution in [-0.2, 0) is 13.1 Å². The summed E-state index contributed by atoms with van der Waals surface area (Å²) in [6.07, 6.45) is 0.155. The third kappa shape index (κ3) is 3.59. The molecule has 1 atom stereocenters. The van der Waals surface area contributed by atoms with Gasteiger partial charge in [-0.3, -0.25) is 4.90 Å². The van der Waals surface area contributed by atoms with E-state index in [1.54, 1.807) is 14.2 Å². The normalized spacial score (nSPS) is 17.8. The van der Waals surface area contributed by atoms with Crippen molar-refractivity contribution in [2.24, 2.45) is 0 Å². The van der Waals surface area contributed by atoms with Gasteiger partial charge >= 0.3 is 0 Å². The first-order chi connectivity index (χ1) is 11.2. The van der Waals surface area contributed by atoms with Crippen molar-refractivity contribution in [1.29, 1.82) is 0 Å². The summed E-state index contributed by atoms with van der Waals surface area (Å²) in [7, 11) is 3.36. The van der Waals surface area contributed by atoms with Gasteiger partial charge in [0.2, 0.25) is 0 Å². The number of fused-ring (bicyclic) bond motifs is 1. The summed E-state index contributed by atoms with van der Waals surface area (Å²) < 4.78 is 16.8. The maximum absolute atomic E-state index is 6.02. The Hall–Kier alpha value is -2.20. The standard InChI is InChI=1S/C19H23NO3/c1-14-11-20(12-15-6-4-5-7-18(15)23-14)13-16-8-9-17(21-2)10-19(16)22-3/h4-10,14H,11-13H2,1-3H3. The maximum atomic E-state index is 6.02. The third-order valence-corrected chi connectivity index (χ3v) is 4.10. The molecular formula is C19H23NO3. The Kier molecular flexibility index (Phi) is 4.72. The number of hydrogen-bond acceptors (Lipinski definition) is 4. The zero-order valence-electron chi connectivity index (χ0n) is 13.9. The van der Waals surface area contributed by atoms with Gasteiger partial charge < -0.3 is 14.2 Å². The highest BCUT2D eigenvalue weighted by atomic mass is 16.5. The fourth-order valence-electron chi connectivity index (χ4n) is 3.02. The minimum Gasteiger partial charge on any atom is -0.497 e. The van der Waals surface area contributed by atoms with E-state index < -0.39 is 0 Å². The Morgan fingerprint density at radius 1 is 1.13 bits per heavy atom. The predicted molar refractivity (Wildman–Crippen MR) is 90.2 cm³/mol. The zero-order valence-corrected chi connectivity index (χ0v) is 13.9. The summed E-state index contributed by atoms with van der Waals surface area (Å²) in [6, 6.07) is 14.2. The molecule has 0 N–H and O–H groups in total. The number of hydrogen-bond donors (Lipinski definition) is 0. The lowest BCUT2D eigenvalue weighted by molar-refractivity contribution is 0.155. The van der Waals surface area contributed by atoms with E-state index in [4.69, 9.17) is 14.2 Å². The van der Waals surface area contributed by atoms with E-state index in [2.05, 4.69) is 30.0 Å². The van der Waals surface area contributed by atoms with Crippen LogP contribution in [0.2, 0.25) is 0 Å². The van der Waals surface area contributed by atoms with Crippen molar-refractivity contribution in [3.05, 3.63) is 53.6 Å². The Labute approximate surface area is 137 Å². The van der Waals surface area contributed by atoms with Gasteiger partial charge in [-0.05, 0) is 19.1 Å². The summed E-state index contributed by atoms with van der Waals surface area (Å²) in [5.41, 5.74) is 2.38. The average Bonchev–Trinajstić information content (AvgIpc) is 2.72. The van der Waals surface area contributed by atoms with Crippen molar-refractivity contribution in [2.75, 3.05) is 20.8 Å². The van der Waals surface area contributed by atoms with Gasteiger partial charge in [-0.1, -0.05) is 24.3 Å². The van der Waals surface area contributed by atoms with Crippen molar-refractivity contribution in [3.63, 3.8) is 0 Å². The SMILES string of the molecule is COc1ccc(CN2Cc3ccccc3OC(C)C2)c(OC)c1. The van der Waals surface area contributed by atoms with Crippen molar-refractivity contribution in [2.45, 2.75) is 26.1 Å². The maximum Gasteiger partial charge on any atom is 0.127 e. The van der Waals surface area contributed by atoms with E-state index in [1.165, 1.54) is 5.56 Å². The first-order valence-electron chi connectivity index (χ1n) is 7.87. The fourth-order valence-corrected chi connectivity index (χ4v) is 3.02. The van der Waals surface area contributed by atoms with Crippen molar-refractivity contribution in [1.82, 2.24) is 4.90 Å². The summed E-state index contributed by atoms with van der Waals surface area (Å²) in [5, 5.41) is 0. The molecular weight excluding hydrogens is 290 g/mol. The Balaban J connectivity index is 1.82. The highest BCUT2D eigenvalue weighted by Crippen LogP contribution is 2.29. The lowest BCUT2D eigenvalue weighted by Gasteiger charge is -2.23. The van der Waals surface area contributed by atoms with Crippen LogP contribution in [0.4, 0.5) is 0 Å². The topological polar surface area (TPSA) is 30.9 Å². The summed E-state index contributed by atoms with van der Waals surface area (Å²) >= 11 is 0. The highest BCUT2D eigenvalue weighted by Gasteiger charge is 2.21. The lowest BCUT2D eigenvalue weighted by atomic mass is 10.1. The average molecular weight is 313 g/mol. The lowest BCUT2D eigenvalue weighted by Crippen LogP contribution is -2.30. The fraction of sp³-hybridized carbons (Fsp3) is 0.368. The minimum absolute atomic E-state index is 0.155. The molecule has 1 aliphatic rings. The Bertz CT molecular complexity index is 671. The van der Waals surface area contributed by atoms with E-state index in [1.807, 2.05) is 24.3 Å². The summed E-state index contributed by atoms with van der Waals surface area (Å²) in [5.74, 6) is 2.66. The van der Waals surface area contributed by atoms with Gasteiger partial charge in [0.25, 0.3) is 0 Å². The minimum atomic E-state index is 0.155. The first kappa shape index (κ1) is 15.7. The van der Waals surface area contributed by atoms with Crippen LogP contribution in [0.5, 0.6) is 17.2 Å². The molecule has 0 fully saturated rings. The molecule has 0 aromatic heterocycles. The van der Waals surface area contributed by atoms with Gasteiger partial charge in [0, 0.05) is 36.8 Å². The first-order valence-corrected chi connectivity index (χ1v) is 7.87. The molecule has 122 valence electrons. The summed E-state index contributed by atoms with van der Waals surface area (Å²) in [4.78, 5) is 2.39. The van der Waals surface area contributed by atoms with Crippen molar-refractivity contribution in [3.8, 4) is 17.2 Å². The monoisotopic (exact) mass is 313 g/mol. The van der Waals surface area contributed by atoms with E-state index in [0.29, 0.717) is 0 Å². The molecule has 23 heavy (non-hydrogen) atoms. The van der Waals surface area contributed by atoms with Crippen molar-refractivity contribution >= 4 is 0 Å². The molecule has 1 heterocycles. The van der Waals surface area contributed by atoms with Crippen LogP contribution >= 0.6 is 0 Å². The number of rotatable bonds is 4. The molecule has 1 unspecified atom stereocenters. The van der Waals surface area contributed by atoms with Crippen LogP contribution in [0.1, 0.15) is 18.1 Å². The van der Waals surface area contributed by atoms with Crippen molar-refractivity contribution < 1.29 is 14.2 Å². The number of nitrogens with zero attached hydrogens (tertiary/aromatic N) is 1. The predicted octanol–water partition coefficient (Wildman–Crippen LogP) is 3.49. The number of para-hydroxylation sites is 1. The largest absolute Gasteiger partial charge is 0.497 e. The number of methoxy groups -OCH3 is 2. The third-order valence-electron chi connectivity index (χ3n) is 4.10. The molecule has 2 aromatic carbocycles. The molecule has 1 aliphatic heterocycles. The summed E-state index contributed by atoms with van der Waals surface area (Å²) in [6.45, 7) is 4.68. The van der Waals surface area contributed by atoms with Gasteiger partial charge in [-0.2, -0.15) is 0 Å². The Morgan fingerprint density at radius 3 is 2.74 bits per heavy atom. The van der Waals surface area contributed by atoms with Crippen LogP contribution < -0.4 is 14.2 Å². The molecule has 4 heteroatoms. The molecule has 0 bridgehead atoms. The van der Waals surface area contributed by atoms with Crippen LogP contribution in [0, 0.1) is 0 Å². The molecule has 0 amide bonds. The second-order valence-electron chi connectivity index (χ2n) is 5.88. The van der Waals surface area contributed by atoms with Gasteiger partial charge in [-0.25, -0.2) is 0 Å². The van der Waals surface area contributed by atoms with Crippen LogP contribution in [0.15, 0.2) is 42.5 Å². The Morgan fingerprint density at radius 2 is 1.96 bits per heavy atom. The second-order valence-corrected chi connectivity index (χ2v) is 5.88. The molecule has 0 radical (unpaired) electrons. The smallest absolute Gasteiger partial charge is 0.127 e. The molecule has 4 nitrogen and oxygen atoms in total. The van der Waals surface area contributed by atoms with E-state index in [0.717, 1.165) is 42.4 Å². The molecule has 0 saturated carbocycles. The molecule has 0 spiro atoms. The number of ether oxygens (including phenoxy) is 3. The van der Waals surface area contributed by atoms with Crippen LogP contribution in [-0.4, -0.2) is 31.8 Å².